The smallest absolute Gasteiger partial charge is 0.265 e. The Morgan fingerprint density at radius 3 is 3.08 bits per heavy atom. The molecule has 0 radical (unpaired) electrons. The summed E-state index contributed by atoms with van der Waals surface area (Å²) in [5.41, 5.74) is 8.14. The van der Waals surface area contributed by atoms with Crippen LogP contribution in [0.25, 0.3) is 11.1 Å². The zero-order valence-corrected chi connectivity index (χ0v) is 7.84. The maximum absolute atomic E-state index is 5.47. The van der Waals surface area contributed by atoms with Crippen LogP contribution in [0.5, 0.6) is 0 Å². The molecule has 3 nitrogen and oxygen atoms in total. The minimum absolute atomic E-state index is 0.506. The molecule has 0 aliphatic rings. The van der Waals surface area contributed by atoms with E-state index < -0.39 is 0 Å². The van der Waals surface area contributed by atoms with Gasteiger partial charge in [-0.2, -0.15) is 0 Å². The Balaban J connectivity index is 2.66. The molecule has 12 heavy (non-hydrogen) atoms. The van der Waals surface area contributed by atoms with E-state index >= 15 is 0 Å². The average Bonchev–Trinajstić information content (AvgIpc) is 2.43. The molecule has 0 bridgehead atoms. The highest BCUT2D eigenvalue weighted by molar-refractivity contribution is 9.10. The molecule has 62 valence electrons. The first-order valence-electron chi connectivity index (χ1n) is 3.54. The van der Waals surface area contributed by atoms with E-state index in [-0.39, 0.29) is 0 Å². The second-order valence-electron chi connectivity index (χ2n) is 2.47. The lowest BCUT2D eigenvalue weighted by Crippen LogP contribution is -1.94. The monoisotopic (exact) mass is 226 g/mol. The summed E-state index contributed by atoms with van der Waals surface area (Å²) >= 11 is 3.16. The third-order valence-electron chi connectivity index (χ3n) is 1.66. The van der Waals surface area contributed by atoms with Gasteiger partial charge in [0, 0.05) is 22.5 Å². The summed E-state index contributed by atoms with van der Waals surface area (Å²) < 4.78 is 5.26. The zero-order chi connectivity index (χ0) is 8.55. The molecule has 1 aromatic carbocycles. The number of hydrogen-bond donors (Lipinski definition) is 1. The van der Waals surface area contributed by atoms with Crippen molar-refractivity contribution in [3.63, 3.8) is 0 Å². The van der Waals surface area contributed by atoms with Crippen LogP contribution < -0.4 is 5.73 Å². The molecule has 0 amide bonds. The summed E-state index contributed by atoms with van der Waals surface area (Å²) in [5.74, 6) is 0. The van der Waals surface area contributed by atoms with E-state index in [1.807, 2.05) is 18.2 Å². The number of nitrogens with zero attached hydrogens (tertiary/aromatic N) is 1. The van der Waals surface area contributed by atoms with Crippen LogP contribution in [0.1, 0.15) is 5.56 Å². The zero-order valence-electron chi connectivity index (χ0n) is 6.25. The average molecular weight is 227 g/mol. The van der Waals surface area contributed by atoms with E-state index in [0.29, 0.717) is 11.3 Å². The molecule has 0 aliphatic heterocycles. The van der Waals surface area contributed by atoms with Gasteiger partial charge in [-0.1, -0.05) is 6.07 Å². The summed E-state index contributed by atoms with van der Waals surface area (Å²) in [4.78, 5) is 4.60. The molecule has 0 spiro atoms. The summed E-state index contributed by atoms with van der Waals surface area (Å²) in [6, 6.07) is 5.73. The molecule has 2 rings (SSSR count). The number of nitrogens with two attached hydrogens (primary N) is 1. The van der Waals surface area contributed by atoms with Gasteiger partial charge in [-0.15, -0.1) is 0 Å². The van der Waals surface area contributed by atoms with E-state index in [9.17, 15) is 0 Å². The lowest BCUT2D eigenvalue weighted by Gasteiger charge is -1.92. The normalized spacial score (nSPS) is 10.8. The molecule has 0 fully saturated rings. The van der Waals surface area contributed by atoms with Crippen molar-refractivity contribution in [1.82, 2.24) is 4.98 Å². The van der Waals surface area contributed by atoms with Gasteiger partial charge in [0.15, 0.2) is 5.58 Å². The molecule has 4 heteroatoms. The van der Waals surface area contributed by atoms with Crippen molar-refractivity contribution in [3.05, 3.63) is 28.6 Å². The first-order chi connectivity index (χ1) is 5.79. The Bertz CT molecular complexity index is 410. The van der Waals surface area contributed by atoms with Crippen molar-refractivity contribution in [1.29, 1.82) is 0 Å². The van der Waals surface area contributed by atoms with Crippen LogP contribution >= 0.6 is 15.9 Å². The van der Waals surface area contributed by atoms with Gasteiger partial charge in [0.25, 0.3) is 4.80 Å². The van der Waals surface area contributed by atoms with Crippen LogP contribution in [0.2, 0.25) is 0 Å². The van der Waals surface area contributed by atoms with E-state index in [1.165, 1.54) is 0 Å². The van der Waals surface area contributed by atoms with Crippen molar-refractivity contribution in [2.45, 2.75) is 6.54 Å². The molecule has 1 aromatic heterocycles. The second-order valence-corrected chi connectivity index (χ2v) is 3.15. The third-order valence-corrected chi connectivity index (χ3v) is 2.00. The lowest BCUT2D eigenvalue weighted by atomic mass is 10.2. The minimum atomic E-state index is 0.506. The predicted octanol–water partition coefficient (Wildman–Crippen LogP) is 2.05. The Morgan fingerprint density at radius 1 is 1.50 bits per heavy atom. The van der Waals surface area contributed by atoms with Crippen LogP contribution in [-0.2, 0) is 6.54 Å². The first-order valence-corrected chi connectivity index (χ1v) is 4.34. The molecular weight excluding hydrogens is 220 g/mol. The fourth-order valence-corrected chi connectivity index (χ4v) is 1.43. The van der Waals surface area contributed by atoms with Crippen LogP contribution in [0.3, 0.4) is 0 Å². The molecule has 0 atom stereocenters. The summed E-state index contributed by atoms with van der Waals surface area (Å²) in [7, 11) is 0. The molecular formula is C8H7BrN2O. The van der Waals surface area contributed by atoms with E-state index in [2.05, 4.69) is 20.9 Å². The molecule has 1 heterocycles. The fraction of sp³-hybridized carbons (Fsp3) is 0.125. The summed E-state index contributed by atoms with van der Waals surface area (Å²) in [6.45, 7) is 0.522. The number of oxazole rings is 1. The standard InChI is InChI=1S/C8H7BrN2O/c9-8-11-6-2-1-5(4-10)3-7(6)12-8/h1-3H,4,10H2. The number of aromatic nitrogens is 1. The van der Waals surface area contributed by atoms with E-state index in [1.54, 1.807) is 0 Å². The fourth-order valence-electron chi connectivity index (χ4n) is 1.07. The quantitative estimate of drug-likeness (QED) is 0.810. The predicted molar refractivity (Wildman–Crippen MR) is 49.6 cm³/mol. The highest BCUT2D eigenvalue weighted by Gasteiger charge is 2.02. The highest BCUT2D eigenvalue weighted by Crippen LogP contribution is 2.19. The van der Waals surface area contributed by atoms with Crippen molar-refractivity contribution in [3.8, 4) is 0 Å². The number of halogens is 1. The van der Waals surface area contributed by atoms with E-state index in [4.69, 9.17) is 10.2 Å². The molecule has 0 unspecified atom stereocenters. The Hall–Kier alpha value is -0.870. The molecule has 2 aromatic rings. The Labute approximate surface area is 77.7 Å². The SMILES string of the molecule is NCc1ccc2nc(Br)oc2c1. The van der Waals surface area contributed by atoms with Crippen LogP contribution in [0.4, 0.5) is 0 Å². The topological polar surface area (TPSA) is 52.0 Å². The van der Waals surface area contributed by atoms with Crippen molar-refractivity contribution >= 4 is 27.0 Å². The van der Waals surface area contributed by atoms with Gasteiger partial charge in [-0.3, -0.25) is 0 Å². The van der Waals surface area contributed by atoms with Crippen molar-refractivity contribution in [2.24, 2.45) is 5.73 Å². The molecule has 0 aliphatic carbocycles. The summed E-state index contributed by atoms with van der Waals surface area (Å²) in [6.07, 6.45) is 0. The number of fused-ring (bicyclic) bond motifs is 1. The van der Waals surface area contributed by atoms with Crippen molar-refractivity contribution < 1.29 is 4.42 Å². The lowest BCUT2D eigenvalue weighted by molar-refractivity contribution is 0.570. The van der Waals surface area contributed by atoms with Gasteiger partial charge in [-0.25, -0.2) is 4.98 Å². The molecule has 0 saturated heterocycles. The number of benzene rings is 1. The molecule has 2 N–H and O–H groups in total. The van der Waals surface area contributed by atoms with Crippen LogP contribution in [0.15, 0.2) is 27.4 Å². The third kappa shape index (κ3) is 1.23. The Morgan fingerprint density at radius 2 is 2.33 bits per heavy atom. The van der Waals surface area contributed by atoms with Gasteiger partial charge in [0.05, 0.1) is 0 Å². The largest absolute Gasteiger partial charge is 0.431 e. The van der Waals surface area contributed by atoms with E-state index in [0.717, 1.165) is 16.7 Å². The van der Waals surface area contributed by atoms with Gasteiger partial charge in [-0.05, 0) is 17.7 Å². The van der Waals surface area contributed by atoms with Gasteiger partial charge >= 0.3 is 0 Å². The van der Waals surface area contributed by atoms with Crippen molar-refractivity contribution in [2.75, 3.05) is 0 Å². The van der Waals surface area contributed by atoms with Gasteiger partial charge < -0.3 is 10.2 Å². The minimum Gasteiger partial charge on any atom is -0.431 e. The number of hydrogen-bond acceptors (Lipinski definition) is 3. The summed E-state index contributed by atoms with van der Waals surface area (Å²) in [5, 5.41) is 0. The molecule has 0 saturated carbocycles. The van der Waals surface area contributed by atoms with Crippen LogP contribution in [-0.4, -0.2) is 4.98 Å². The van der Waals surface area contributed by atoms with Gasteiger partial charge in [0.1, 0.15) is 5.52 Å². The first kappa shape index (κ1) is 7.76. The highest BCUT2D eigenvalue weighted by atomic mass is 79.9. The maximum Gasteiger partial charge on any atom is 0.265 e. The Kier molecular flexibility index (Phi) is 1.86. The number of rotatable bonds is 1. The van der Waals surface area contributed by atoms with Gasteiger partial charge in [0.2, 0.25) is 0 Å². The second kappa shape index (κ2) is 2.88. The van der Waals surface area contributed by atoms with Crippen LogP contribution in [0, 0.1) is 0 Å². The maximum atomic E-state index is 5.47.